The van der Waals surface area contributed by atoms with E-state index in [2.05, 4.69) is 10.6 Å². The maximum Gasteiger partial charge on any atom is 0.277 e. The molecule has 0 radical (unpaired) electrons. The Bertz CT molecular complexity index is 492. The lowest BCUT2D eigenvalue weighted by Gasteiger charge is -2.03. The highest BCUT2D eigenvalue weighted by Gasteiger charge is 2.19. The van der Waals surface area contributed by atoms with Gasteiger partial charge < -0.3 is 10.6 Å². The highest BCUT2D eigenvalue weighted by atomic mass is 35.5. The van der Waals surface area contributed by atoms with Gasteiger partial charge in [-0.25, -0.2) is 0 Å². The number of nitro groups is 2. The van der Waals surface area contributed by atoms with Crippen LogP contribution in [0.5, 0.6) is 0 Å². The summed E-state index contributed by atoms with van der Waals surface area (Å²) in [5.41, 5.74) is -1.05. The van der Waals surface area contributed by atoms with Crippen LogP contribution in [-0.4, -0.2) is 36.4 Å². The van der Waals surface area contributed by atoms with E-state index in [0.29, 0.717) is 13.0 Å². The van der Waals surface area contributed by atoms with Gasteiger partial charge in [0.2, 0.25) is 0 Å². The topological polar surface area (TPSA) is 127 Å². The van der Waals surface area contributed by atoms with Gasteiger partial charge in [-0.2, -0.15) is 0 Å². The molecule has 22 heavy (non-hydrogen) atoms. The zero-order chi connectivity index (χ0) is 16.4. The molecule has 1 rings (SSSR count). The van der Waals surface area contributed by atoms with Gasteiger partial charge in [-0.1, -0.05) is 6.92 Å². The molecular formula is C12H19ClN4O5. The summed E-state index contributed by atoms with van der Waals surface area (Å²) in [4.78, 5) is 31.3. The first-order chi connectivity index (χ1) is 9.87. The molecule has 1 aromatic rings. The van der Waals surface area contributed by atoms with E-state index in [9.17, 15) is 25.0 Å². The molecule has 0 saturated carbocycles. The van der Waals surface area contributed by atoms with E-state index in [1.165, 1.54) is 0 Å². The molecule has 2 N–H and O–H groups in total. The number of nitrogens with zero attached hydrogens (tertiary/aromatic N) is 2. The van der Waals surface area contributed by atoms with Gasteiger partial charge in [0.25, 0.3) is 17.3 Å². The molecule has 0 heterocycles. The number of nitro benzene ring substituents is 2. The molecule has 0 fully saturated rings. The molecule has 0 unspecified atom stereocenters. The van der Waals surface area contributed by atoms with Gasteiger partial charge in [-0.05, 0) is 20.5 Å². The van der Waals surface area contributed by atoms with Gasteiger partial charge in [0.15, 0.2) is 0 Å². The number of carbonyl (C=O) groups excluding carboxylic acids is 1. The van der Waals surface area contributed by atoms with Crippen LogP contribution in [0.3, 0.4) is 0 Å². The predicted octanol–water partition coefficient (Wildman–Crippen LogP) is 1.90. The average Bonchev–Trinajstić information content (AvgIpc) is 2.44. The van der Waals surface area contributed by atoms with Crippen molar-refractivity contribution in [1.82, 2.24) is 10.6 Å². The molecule has 0 saturated heterocycles. The number of halogens is 1. The minimum atomic E-state index is -0.774. The Morgan fingerprint density at radius 3 is 1.82 bits per heavy atom. The van der Waals surface area contributed by atoms with E-state index in [1.54, 1.807) is 0 Å². The van der Waals surface area contributed by atoms with Crippen molar-refractivity contribution >= 4 is 29.7 Å². The van der Waals surface area contributed by atoms with Gasteiger partial charge in [-0.15, -0.1) is 12.4 Å². The Labute approximate surface area is 133 Å². The number of hydrogen-bond donors (Lipinski definition) is 2. The summed E-state index contributed by atoms with van der Waals surface area (Å²) in [5, 5.41) is 26.5. The van der Waals surface area contributed by atoms with Crippen LogP contribution in [0.25, 0.3) is 0 Å². The van der Waals surface area contributed by atoms with Crippen LogP contribution in [0.1, 0.15) is 23.7 Å². The third-order valence-corrected chi connectivity index (χ3v) is 2.12. The van der Waals surface area contributed by atoms with Crippen molar-refractivity contribution in [2.75, 3.05) is 20.6 Å². The Balaban J connectivity index is 0. The number of benzene rings is 1. The fraction of sp³-hybridized carbons (Fsp3) is 0.417. The minimum absolute atomic E-state index is 0. The van der Waals surface area contributed by atoms with Crippen LogP contribution in [0, 0.1) is 20.2 Å². The SMILES string of the molecule is CCCNC(=O)c1cc([N+](=O)[O-])cc([N+](=O)[O-])c1.CNC.Cl. The lowest BCUT2D eigenvalue weighted by atomic mass is 10.1. The lowest BCUT2D eigenvalue weighted by Crippen LogP contribution is -2.24. The van der Waals surface area contributed by atoms with Crippen molar-refractivity contribution in [2.45, 2.75) is 13.3 Å². The van der Waals surface area contributed by atoms with Crippen LogP contribution in [0.4, 0.5) is 11.4 Å². The van der Waals surface area contributed by atoms with Crippen molar-refractivity contribution in [1.29, 1.82) is 0 Å². The number of hydrogen-bond acceptors (Lipinski definition) is 6. The second-order valence-corrected chi connectivity index (χ2v) is 4.01. The molecule has 0 spiro atoms. The summed E-state index contributed by atoms with van der Waals surface area (Å²) in [6.45, 7) is 2.24. The minimum Gasteiger partial charge on any atom is -0.352 e. The molecule has 1 amide bonds. The van der Waals surface area contributed by atoms with Gasteiger partial charge in [0, 0.05) is 18.7 Å². The maximum absolute atomic E-state index is 11.6. The zero-order valence-electron chi connectivity index (χ0n) is 12.5. The van der Waals surface area contributed by atoms with E-state index in [-0.39, 0.29) is 18.0 Å². The summed E-state index contributed by atoms with van der Waals surface area (Å²) in [5.74, 6) is -0.566. The molecule has 0 atom stereocenters. The third kappa shape index (κ3) is 7.50. The van der Waals surface area contributed by atoms with Crippen molar-refractivity contribution in [2.24, 2.45) is 0 Å². The molecule has 0 aliphatic carbocycles. The number of rotatable bonds is 5. The van der Waals surface area contributed by atoms with Crippen molar-refractivity contribution < 1.29 is 14.6 Å². The summed E-state index contributed by atoms with van der Waals surface area (Å²) >= 11 is 0. The van der Waals surface area contributed by atoms with Crippen LogP contribution in [-0.2, 0) is 0 Å². The summed E-state index contributed by atoms with van der Waals surface area (Å²) in [7, 11) is 3.75. The first-order valence-electron chi connectivity index (χ1n) is 6.17. The molecule has 0 aliphatic rings. The number of nitrogens with one attached hydrogen (secondary N) is 2. The van der Waals surface area contributed by atoms with E-state index in [1.807, 2.05) is 21.0 Å². The highest BCUT2D eigenvalue weighted by molar-refractivity contribution is 5.95. The van der Waals surface area contributed by atoms with Crippen LogP contribution < -0.4 is 10.6 Å². The quantitative estimate of drug-likeness (QED) is 0.625. The maximum atomic E-state index is 11.6. The predicted molar refractivity (Wildman–Crippen MR) is 84.6 cm³/mol. The summed E-state index contributed by atoms with van der Waals surface area (Å²) in [6, 6.07) is 2.84. The lowest BCUT2D eigenvalue weighted by molar-refractivity contribution is -0.394. The molecule has 124 valence electrons. The zero-order valence-corrected chi connectivity index (χ0v) is 13.3. The Morgan fingerprint density at radius 2 is 1.50 bits per heavy atom. The highest BCUT2D eigenvalue weighted by Crippen LogP contribution is 2.22. The second kappa shape index (κ2) is 11.4. The van der Waals surface area contributed by atoms with Gasteiger partial charge in [0.1, 0.15) is 0 Å². The first kappa shape index (κ1) is 22.0. The molecule has 10 heteroatoms. The number of amides is 1. The smallest absolute Gasteiger partial charge is 0.277 e. The standard InChI is InChI=1S/C10H11N3O5.C2H7N.ClH/c1-2-3-11-10(14)7-4-8(12(15)16)6-9(5-7)13(17)18;1-3-2;/h4-6H,2-3H2,1H3,(H,11,14);3H,1-2H3;1H. The summed E-state index contributed by atoms with van der Waals surface area (Å²) < 4.78 is 0. The molecule has 0 aromatic heterocycles. The molecule has 1 aromatic carbocycles. The number of non-ortho nitro benzene ring substituents is 2. The van der Waals surface area contributed by atoms with E-state index >= 15 is 0 Å². The molecule has 9 nitrogen and oxygen atoms in total. The van der Waals surface area contributed by atoms with Crippen molar-refractivity contribution in [3.8, 4) is 0 Å². The molecular weight excluding hydrogens is 316 g/mol. The van der Waals surface area contributed by atoms with Crippen LogP contribution >= 0.6 is 12.4 Å². The fourth-order valence-corrected chi connectivity index (χ4v) is 1.28. The Hall–Kier alpha value is -2.26. The van der Waals surface area contributed by atoms with Crippen LogP contribution in [0.2, 0.25) is 0 Å². The third-order valence-electron chi connectivity index (χ3n) is 2.12. The van der Waals surface area contributed by atoms with E-state index in [4.69, 9.17) is 0 Å². The summed E-state index contributed by atoms with van der Waals surface area (Å²) in [6.07, 6.45) is 0.697. The Kier molecular flexibility index (Phi) is 11.4. The van der Waals surface area contributed by atoms with Crippen LogP contribution in [0.15, 0.2) is 18.2 Å². The largest absolute Gasteiger partial charge is 0.352 e. The fourth-order valence-electron chi connectivity index (χ4n) is 1.28. The second-order valence-electron chi connectivity index (χ2n) is 4.01. The van der Waals surface area contributed by atoms with E-state index in [0.717, 1.165) is 18.2 Å². The van der Waals surface area contributed by atoms with Gasteiger partial charge in [0.05, 0.1) is 21.5 Å². The van der Waals surface area contributed by atoms with E-state index < -0.39 is 27.1 Å². The van der Waals surface area contributed by atoms with Crippen molar-refractivity contribution in [3.05, 3.63) is 44.0 Å². The monoisotopic (exact) mass is 334 g/mol. The number of carbonyl (C=O) groups is 1. The van der Waals surface area contributed by atoms with Crippen molar-refractivity contribution in [3.63, 3.8) is 0 Å². The first-order valence-corrected chi connectivity index (χ1v) is 6.17. The normalized spacial score (nSPS) is 8.86. The van der Waals surface area contributed by atoms with Gasteiger partial charge in [-0.3, -0.25) is 25.0 Å². The molecule has 0 aliphatic heterocycles. The Morgan fingerprint density at radius 1 is 1.09 bits per heavy atom. The van der Waals surface area contributed by atoms with Gasteiger partial charge >= 0.3 is 0 Å². The average molecular weight is 335 g/mol. The molecule has 0 bridgehead atoms.